The summed E-state index contributed by atoms with van der Waals surface area (Å²) in [4.78, 5) is 27.1. The van der Waals surface area contributed by atoms with Gasteiger partial charge in [-0.1, -0.05) is 55.5 Å². The fraction of sp³-hybridized carbons (Fsp3) is 0.200. The van der Waals surface area contributed by atoms with Gasteiger partial charge in [0.1, 0.15) is 11.2 Å². The molecule has 1 saturated heterocycles. The number of nitrogens with zero attached hydrogens (tertiary/aromatic N) is 1. The summed E-state index contributed by atoms with van der Waals surface area (Å²) in [5, 5.41) is 2.74. The van der Waals surface area contributed by atoms with Crippen molar-refractivity contribution in [3.8, 4) is 0 Å². The topological polar surface area (TPSA) is 49.4 Å². The van der Waals surface area contributed by atoms with Gasteiger partial charge in [-0.3, -0.25) is 14.5 Å². The van der Waals surface area contributed by atoms with E-state index in [4.69, 9.17) is 0 Å². The maximum atomic E-state index is 13.7. The zero-order valence-electron chi connectivity index (χ0n) is 17.1. The highest BCUT2D eigenvalue weighted by atomic mass is 32.2. The van der Waals surface area contributed by atoms with E-state index in [0.29, 0.717) is 23.5 Å². The number of thioether (sulfide) groups is 1. The lowest BCUT2D eigenvalue weighted by Crippen LogP contribution is -2.28. The maximum Gasteiger partial charge on any atom is 0.238 e. The van der Waals surface area contributed by atoms with E-state index in [0.717, 1.165) is 11.1 Å². The fourth-order valence-electron chi connectivity index (χ4n) is 3.83. The van der Waals surface area contributed by atoms with Crippen molar-refractivity contribution in [2.45, 2.75) is 24.6 Å². The number of hydrogen-bond donors (Lipinski definition) is 1. The summed E-state index contributed by atoms with van der Waals surface area (Å²) in [6.45, 7) is 1.99. The molecule has 1 aliphatic heterocycles. The summed E-state index contributed by atoms with van der Waals surface area (Å²) in [5.41, 5.74) is 3.07. The second-order valence-corrected chi connectivity index (χ2v) is 8.46. The Morgan fingerprint density at radius 1 is 1.10 bits per heavy atom. The molecule has 1 heterocycles. The van der Waals surface area contributed by atoms with Crippen molar-refractivity contribution in [2.75, 3.05) is 16.0 Å². The summed E-state index contributed by atoms with van der Waals surface area (Å²) >= 11 is 1.49. The van der Waals surface area contributed by atoms with Gasteiger partial charge in [0.05, 0.1) is 11.7 Å². The van der Waals surface area contributed by atoms with Gasteiger partial charge in [0.2, 0.25) is 11.8 Å². The predicted molar refractivity (Wildman–Crippen MR) is 124 cm³/mol. The Morgan fingerprint density at radius 2 is 1.87 bits per heavy atom. The smallest absolute Gasteiger partial charge is 0.238 e. The Bertz CT molecular complexity index is 1090. The van der Waals surface area contributed by atoms with Crippen molar-refractivity contribution < 1.29 is 14.0 Å². The number of carbonyl (C=O) groups is 2. The van der Waals surface area contributed by atoms with Crippen LogP contribution in [-0.4, -0.2) is 17.6 Å². The second-order valence-electron chi connectivity index (χ2n) is 7.39. The number of anilines is 2. The highest BCUT2D eigenvalue weighted by Gasteiger charge is 2.34. The van der Waals surface area contributed by atoms with Crippen molar-refractivity contribution in [1.29, 1.82) is 0 Å². The molecule has 1 N–H and O–H groups in total. The lowest BCUT2D eigenvalue weighted by atomic mass is 9.95. The van der Waals surface area contributed by atoms with E-state index >= 15 is 0 Å². The first-order chi connectivity index (χ1) is 15.1. The van der Waals surface area contributed by atoms with Crippen LogP contribution in [0.2, 0.25) is 0 Å². The third-order valence-corrected chi connectivity index (χ3v) is 6.53. The zero-order valence-corrected chi connectivity index (χ0v) is 17.9. The average molecular weight is 435 g/mol. The van der Waals surface area contributed by atoms with E-state index in [2.05, 4.69) is 5.32 Å². The van der Waals surface area contributed by atoms with Crippen LogP contribution in [0.1, 0.15) is 35.8 Å². The van der Waals surface area contributed by atoms with Crippen LogP contribution in [0.25, 0.3) is 0 Å². The molecule has 4 rings (SSSR count). The van der Waals surface area contributed by atoms with Crippen molar-refractivity contribution in [3.63, 3.8) is 0 Å². The lowest BCUT2D eigenvalue weighted by molar-refractivity contribution is -0.118. The van der Waals surface area contributed by atoms with Crippen LogP contribution in [0.4, 0.5) is 15.8 Å². The number of nitrogens with one attached hydrogen (secondary N) is 1. The maximum absolute atomic E-state index is 13.7. The molecule has 4 nitrogen and oxygen atoms in total. The Hall–Kier alpha value is -3.12. The quantitative estimate of drug-likeness (QED) is 0.538. The minimum atomic E-state index is -0.381. The Labute approximate surface area is 185 Å². The number of carbonyl (C=O) groups excluding carboxylic acids is 2. The number of hydrogen-bond acceptors (Lipinski definition) is 3. The lowest BCUT2D eigenvalue weighted by Gasteiger charge is -2.25. The van der Waals surface area contributed by atoms with E-state index in [1.54, 1.807) is 17.0 Å². The molecule has 3 aromatic rings. The SMILES string of the molecule is CC[C@H](C(=O)Nc1cccc([C@H]2SCC(=O)N2c2cccc(F)c2)c1)c1ccccc1. The van der Waals surface area contributed by atoms with Crippen molar-refractivity contribution in [2.24, 2.45) is 0 Å². The first-order valence-corrected chi connectivity index (χ1v) is 11.3. The van der Waals surface area contributed by atoms with Gasteiger partial charge in [-0.25, -0.2) is 4.39 Å². The van der Waals surface area contributed by atoms with Gasteiger partial charge in [0.25, 0.3) is 0 Å². The highest BCUT2D eigenvalue weighted by molar-refractivity contribution is 8.00. The zero-order chi connectivity index (χ0) is 21.8. The van der Waals surface area contributed by atoms with Gasteiger partial charge in [-0.2, -0.15) is 0 Å². The van der Waals surface area contributed by atoms with Gasteiger partial charge in [0, 0.05) is 11.4 Å². The molecule has 1 aliphatic rings. The summed E-state index contributed by atoms with van der Waals surface area (Å²) in [6, 6.07) is 23.3. The molecule has 2 amide bonds. The normalized spacial score (nSPS) is 16.9. The molecule has 6 heteroatoms. The van der Waals surface area contributed by atoms with E-state index in [-0.39, 0.29) is 28.9 Å². The van der Waals surface area contributed by atoms with Crippen LogP contribution in [0.3, 0.4) is 0 Å². The molecule has 0 bridgehead atoms. The highest BCUT2D eigenvalue weighted by Crippen LogP contribution is 2.42. The largest absolute Gasteiger partial charge is 0.326 e. The van der Waals surface area contributed by atoms with E-state index in [1.807, 2.05) is 61.5 Å². The minimum absolute atomic E-state index is 0.0647. The Kier molecular flexibility index (Phi) is 6.37. The molecule has 2 atom stereocenters. The predicted octanol–water partition coefficient (Wildman–Crippen LogP) is 5.74. The molecule has 3 aromatic carbocycles. The molecule has 0 spiro atoms. The summed E-state index contributed by atoms with van der Waals surface area (Å²) in [5.74, 6) is -0.429. The van der Waals surface area contributed by atoms with Gasteiger partial charge >= 0.3 is 0 Å². The molecular weight excluding hydrogens is 411 g/mol. The molecule has 1 fully saturated rings. The molecule has 0 saturated carbocycles. The number of benzene rings is 3. The van der Waals surface area contributed by atoms with Crippen LogP contribution in [-0.2, 0) is 9.59 Å². The molecule has 0 radical (unpaired) electrons. The number of amides is 2. The van der Waals surface area contributed by atoms with Crippen molar-refractivity contribution in [3.05, 3.63) is 95.8 Å². The Balaban J connectivity index is 1.56. The van der Waals surface area contributed by atoms with Crippen LogP contribution in [0.15, 0.2) is 78.9 Å². The van der Waals surface area contributed by atoms with Crippen LogP contribution in [0.5, 0.6) is 0 Å². The average Bonchev–Trinajstić information content (AvgIpc) is 3.16. The van der Waals surface area contributed by atoms with Crippen molar-refractivity contribution in [1.82, 2.24) is 0 Å². The number of rotatable bonds is 6. The van der Waals surface area contributed by atoms with E-state index in [9.17, 15) is 14.0 Å². The van der Waals surface area contributed by atoms with Crippen LogP contribution >= 0.6 is 11.8 Å². The van der Waals surface area contributed by atoms with Crippen LogP contribution < -0.4 is 10.2 Å². The fourth-order valence-corrected chi connectivity index (χ4v) is 5.00. The second kappa shape index (κ2) is 9.35. The number of halogens is 1. The summed E-state index contributed by atoms with van der Waals surface area (Å²) < 4.78 is 13.7. The molecule has 31 heavy (non-hydrogen) atoms. The standard InChI is InChI=1S/C25H23FN2O2S/c1-2-22(17-8-4-3-5-9-17)24(30)27-20-12-6-10-18(14-20)25-28(23(29)16-31-25)21-13-7-11-19(26)15-21/h3-15,22,25H,2,16H2,1H3,(H,27,30)/t22-,25+/m0/s1. The van der Waals surface area contributed by atoms with Gasteiger partial charge in [-0.15, -0.1) is 11.8 Å². The first-order valence-electron chi connectivity index (χ1n) is 10.2. The van der Waals surface area contributed by atoms with Gasteiger partial charge in [0.15, 0.2) is 0 Å². The van der Waals surface area contributed by atoms with Gasteiger partial charge < -0.3 is 5.32 Å². The third-order valence-electron chi connectivity index (χ3n) is 5.32. The van der Waals surface area contributed by atoms with Gasteiger partial charge in [-0.05, 0) is 47.9 Å². The summed E-state index contributed by atoms with van der Waals surface area (Å²) in [6.07, 6.45) is 0.690. The minimum Gasteiger partial charge on any atom is -0.326 e. The van der Waals surface area contributed by atoms with Crippen molar-refractivity contribution >= 4 is 35.0 Å². The molecule has 158 valence electrons. The Morgan fingerprint density at radius 3 is 2.61 bits per heavy atom. The molecule has 0 aromatic heterocycles. The van der Waals surface area contributed by atoms with E-state index < -0.39 is 0 Å². The monoisotopic (exact) mass is 434 g/mol. The summed E-state index contributed by atoms with van der Waals surface area (Å²) in [7, 11) is 0. The molecular formula is C25H23FN2O2S. The first kappa shape index (κ1) is 21.1. The molecule has 0 unspecified atom stereocenters. The van der Waals surface area contributed by atoms with E-state index in [1.165, 1.54) is 23.9 Å². The van der Waals surface area contributed by atoms with Crippen LogP contribution in [0, 0.1) is 5.82 Å². The molecule has 0 aliphatic carbocycles. The third kappa shape index (κ3) is 4.64.